The SMILES string of the molecule is COc1ccc2oc(C(=O)N3CCC(C(=O)Nc4nc(C)cs4)CC3)c(C)c2c1. The minimum Gasteiger partial charge on any atom is -0.497 e. The Bertz CT molecular complexity index is 1060. The molecule has 3 heterocycles. The molecule has 4 rings (SSSR count). The average molecular weight is 413 g/mol. The van der Waals surface area contributed by atoms with E-state index in [2.05, 4.69) is 10.3 Å². The van der Waals surface area contributed by atoms with Crippen LogP contribution in [0.5, 0.6) is 5.75 Å². The van der Waals surface area contributed by atoms with Crippen molar-refractivity contribution in [2.75, 3.05) is 25.5 Å². The first-order valence-corrected chi connectivity index (χ1v) is 10.4. The molecule has 1 aliphatic rings. The van der Waals surface area contributed by atoms with E-state index in [1.54, 1.807) is 12.0 Å². The Labute approximate surface area is 172 Å². The van der Waals surface area contributed by atoms with Gasteiger partial charge in [0.15, 0.2) is 10.9 Å². The van der Waals surface area contributed by atoms with E-state index in [-0.39, 0.29) is 17.7 Å². The van der Waals surface area contributed by atoms with E-state index in [1.165, 1.54) is 11.3 Å². The second kappa shape index (κ2) is 7.87. The van der Waals surface area contributed by atoms with Crippen molar-refractivity contribution in [1.82, 2.24) is 9.88 Å². The summed E-state index contributed by atoms with van der Waals surface area (Å²) in [5.41, 5.74) is 2.37. The number of fused-ring (bicyclic) bond motifs is 1. The molecule has 7 nitrogen and oxygen atoms in total. The largest absolute Gasteiger partial charge is 0.497 e. The van der Waals surface area contributed by atoms with E-state index in [0.717, 1.165) is 22.4 Å². The lowest BCUT2D eigenvalue weighted by Crippen LogP contribution is -2.41. The van der Waals surface area contributed by atoms with Crippen LogP contribution in [0, 0.1) is 19.8 Å². The number of anilines is 1. The van der Waals surface area contributed by atoms with E-state index in [0.29, 0.717) is 42.4 Å². The summed E-state index contributed by atoms with van der Waals surface area (Å²) < 4.78 is 11.1. The highest BCUT2D eigenvalue weighted by Gasteiger charge is 2.30. The van der Waals surface area contributed by atoms with Gasteiger partial charge < -0.3 is 19.4 Å². The molecule has 1 fully saturated rings. The number of thiazole rings is 1. The van der Waals surface area contributed by atoms with Crippen LogP contribution >= 0.6 is 11.3 Å². The molecule has 2 aromatic heterocycles. The summed E-state index contributed by atoms with van der Waals surface area (Å²) in [6, 6.07) is 5.50. The Kier molecular flexibility index (Phi) is 5.27. The van der Waals surface area contributed by atoms with Gasteiger partial charge in [-0.05, 0) is 44.9 Å². The van der Waals surface area contributed by atoms with Crippen LogP contribution < -0.4 is 10.1 Å². The molecule has 1 aromatic carbocycles. The molecule has 0 bridgehead atoms. The van der Waals surface area contributed by atoms with Crippen molar-refractivity contribution in [3.05, 3.63) is 40.6 Å². The second-order valence-corrected chi connectivity index (χ2v) is 8.13. The van der Waals surface area contributed by atoms with Crippen LogP contribution in [0.25, 0.3) is 11.0 Å². The molecule has 0 atom stereocenters. The van der Waals surface area contributed by atoms with E-state index in [1.807, 2.05) is 37.4 Å². The van der Waals surface area contributed by atoms with E-state index in [4.69, 9.17) is 9.15 Å². The van der Waals surface area contributed by atoms with Crippen molar-refractivity contribution in [2.45, 2.75) is 26.7 Å². The van der Waals surface area contributed by atoms with Gasteiger partial charge in [0, 0.05) is 35.3 Å². The smallest absolute Gasteiger partial charge is 0.289 e. The minimum absolute atomic E-state index is 0.0292. The van der Waals surface area contributed by atoms with Gasteiger partial charge in [-0.15, -0.1) is 11.3 Å². The predicted octanol–water partition coefficient (Wildman–Crippen LogP) is 4.01. The highest BCUT2D eigenvalue weighted by molar-refractivity contribution is 7.13. The zero-order valence-electron chi connectivity index (χ0n) is 16.7. The third-order valence-corrected chi connectivity index (χ3v) is 6.22. The summed E-state index contributed by atoms with van der Waals surface area (Å²) in [5, 5.41) is 6.29. The summed E-state index contributed by atoms with van der Waals surface area (Å²) >= 11 is 1.42. The van der Waals surface area contributed by atoms with Crippen molar-refractivity contribution in [3.63, 3.8) is 0 Å². The van der Waals surface area contributed by atoms with Gasteiger partial charge in [0.1, 0.15) is 11.3 Å². The number of nitrogens with zero attached hydrogens (tertiary/aromatic N) is 2. The van der Waals surface area contributed by atoms with Gasteiger partial charge in [-0.25, -0.2) is 4.98 Å². The van der Waals surface area contributed by atoms with Gasteiger partial charge in [-0.2, -0.15) is 0 Å². The van der Waals surface area contributed by atoms with Crippen LogP contribution in [0.4, 0.5) is 5.13 Å². The molecule has 0 saturated carbocycles. The van der Waals surface area contributed by atoms with Crippen LogP contribution in [0.1, 0.15) is 34.7 Å². The number of carbonyl (C=O) groups is 2. The number of hydrogen-bond acceptors (Lipinski definition) is 6. The summed E-state index contributed by atoms with van der Waals surface area (Å²) in [5.74, 6) is 0.798. The fourth-order valence-electron chi connectivity index (χ4n) is 3.64. The first-order chi connectivity index (χ1) is 14.0. The number of piperidine rings is 1. The van der Waals surface area contributed by atoms with Crippen LogP contribution in [0.3, 0.4) is 0 Å². The highest BCUT2D eigenvalue weighted by atomic mass is 32.1. The van der Waals surface area contributed by atoms with Gasteiger partial charge in [0.2, 0.25) is 5.91 Å². The van der Waals surface area contributed by atoms with Crippen molar-refractivity contribution in [2.24, 2.45) is 5.92 Å². The third-order valence-electron chi connectivity index (χ3n) is 5.34. The zero-order chi connectivity index (χ0) is 20.5. The maximum atomic E-state index is 13.0. The Morgan fingerprint density at radius 2 is 2.03 bits per heavy atom. The average Bonchev–Trinajstić information content (AvgIpc) is 3.30. The monoisotopic (exact) mass is 413 g/mol. The van der Waals surface area contributed by atoms with Gasteiger partial charge in [-0.1, -0.05) is 0 Å². The third kappa shape index (κ3) is 3.85. The molecule has 29 heavy (non-hydrogen) atoms. The fraction of sp³-hybridized carbons (Fsp3) is 0.381. The highest BCUT2D eigenvalue weighted by Crippen LogP contribution is 2.30. The number of furan rings is 1. The topological polar surface area (TPSA) is 84.7 Å². The number of ether oxygens (including phenoxy) is 1. The van der Waals surface area contributed by atoms with Crippen molar-refractivity contribution in [3.8, 4) is 5.75 Å². The number of rotatable bonds is 4. The number of amides is 2. The Balaban J connectivity index is 1.42. The number of carbonyl (C=O) groups excluding carboxylic acids is 2. The van der Waals surface area contributed by atoms with E-state index >= 15 is 0 Å². The normalized spacial score (nSPS) is 14.9. The quantitative estimate of drug-likeness (QED) is 0.699. The number of methoxy groups -OCH3 is 1. The van der Waals surface area contributed by atoms with E-state index in [9.17, 15) is 9.59 Å². The molecular weight excluding hydrogens is 390 g/mol. The van der Waals surface area contributed by atoms with Crippen molar-refractivity contribution >= 4 is 39.3 Å². The molecule has 3 aromatic rings. The number of nitrogens with one attached hydrogen (secondary N) is 1. The molecule has 8 heteroatoms. The fourth-order valence-corrected chi connectivity index (χ4v) is 4.33. The second-order valence-electron chi connectivity index (χ2n) is 7.27. The molecule has 0 spiro atoms. The Hall–Kier alpha value is -2.87. The van der Waals surface area contributed by atoms with Crippen LogP contribution in [-0.2, 0) is 4.79 Å². The van der Waals surface area contributed by atoms with Gasteiger partial charge in [0.25, 0.3) is 5.91 Å². The first-order valence-electron chi connectivity index (χ1n) is 9.55. The minimum atomic E-state index is -0.132. The van der Waals surface area contributed by atoms with Crippen LogP contribution in [0.15, 0.2) is 28.0 Å². The molecular formula is C21H23N3O4S. The van der Waals surface area contributed by atoms with Crippen LogP contribution in [-0.4, -0.2) is 41.9 Å². The Morgan fingerprint density at radius 3 is 2.69 bits per heavy atom. The summed E-state index contributed by atoms with van der Waals surface area (Å²) in [6.45, 7) is 4.82. The Morgan fingerprint density at radius 1 is 1.28 bits per heavy atom. The molecule has 1 saturated heterocycles. The zero-order valence-corrected chi connectivity index (χ0v) is 17.5. The maximum absolute atomic E-state index is 13.0. The standard InChI is InChI=1S/C21H23N3O4S/c1-12-11-29-21(22-12)23-19(25)14-6-8-24(9-7-14)20(26)18-13(2)16-10-15(27-3)4-5-17(16)28-18/h4-5,10-11,14H,6-9H2,1-3H3,(H,22,23,25). The van der Waals surface area contributed by atoms with Crippen molar-refractivity contribution in [1.29, 1.82) is 0 Å². The number of benzene rings is 1. The van der Waals surface area contributed by atoms with Gasteiger partial charge in [0.05, 0.1) is 12.8 Å². The molecule has 2 amide bonds. The number of likely N-dealkylation sites (tertiary alicyclic amines) is 1. The van der Waals surface area contributed by atoms with Crippen LogP contribution in [0.2, 0.25) is 0 Å². The number of aryl methyl sites for hydroxylation is 2. The summed E-state index contributed by atoms with van der Waals surface area (Å²) in [7, 11) is 1.61. The predicted molar refractivity (Wildman–Crippen MR) is 112 cm³/mol. The lowest BCUT2D eigenvalue weighted by atomic mass is 9.95. The lowest BCUT2D eigenvalue weighted by Gasteiger charge is -2.30. The molecule has 1 N–H and O–H groups in total. The molecule has 0 aliphatic carbocycles. The summed E-state index contributed by atoms with van der Waals surface area (Å²) in [6.07, 6.45) is 1.24. The molecule has 152 valence electrons. The number of aromatic nitrogens is 1. The first kappa shape index (κ1) is 19.4. The van der Waals surface area contributed by atoms with E-state index < -0.39 is 0 Å². The summed E-state index contributed by atoms with van der Waals surface area (Å²) in [4.78, 5) is 31.5. The van der Waals surface area contributed by atoms with Gasteiger partial charge >= 0.3 is 0 Å². The van der Waals surface area contributed by atoms with Gasteiger partial charge in [-0.3, -0.25) is 9.59 Å². The molecule has 0 radical (unpaired) electrons. The lowest BCUT2D eigenvalue weighted by molar-refractivity contribution is -0.121. The molecule has 0 unspecified atom stereocenters. The van der Waals surface area contributed by atoms with Crippen molar-refractivity contribution < 1.29 is 18.7 Å². The number of hydrogen-bond donors (Lipinski definition) is 1. The maximum Gasteiger partial charge on any atom is 0.289 e. The molecule has 1 aliphatic heterocycles.